The first-order valence-corrected chi connectivity index (χ1v) is 12.7. The Bertz CT molecular complexity index is 1190. The molecule has 1 aromatic heterocycles. The van der Waals surface area contributed by atoms with Crippen molar-refractivity contribution < 1.29 is 19.5 Å². The molecule has 10 heteroatoms. The molecule has 2 amide bonds. The lowest BCUT2D eigenvalue weighted by atomic mass is 9.88. The number of carbonyl (C=O) groups excluding carboxylic acids is 2. The second-order valence-corrected chi connectivity index (χ2v) is 10.0. The maximum Gasteiger partial charge on any atom is 0.326 e. The molecule has 0 bridgehead atoms. The van der Waals surface area contributed by atoms with Gasteiger partial charge in [-0.1, -0.05) is 53.5 Å². The predicted octanol–water partition coefficient (Wildman–Crippen LogP) is 4.90. The zero-order valence-corrected chi connectivity index (χ0v) is 20.9. The van der Waals surface area contributed by atoms with Gasteiger partial charge in [0.25, 0.3) is 11.8 Å². The number of thiazole rings is 1. The summed E-state index contributed by atoms with van der Waals surface area (Å²) in [5.74, 6) is -1.43. The molecule has 35 heavy (non-hydrogen) atoms. The number of carboxylic acid groups (broad SMARTS) is 1. The summed E-state index contributed by atoms with van der Waals surface area (Å²) in [4.78, 5) is 43.5. The van der Waals surface area contributed by atoms with Gasteiger partial charge in [0.2, 0.25) is 0 Å². The molecule has 7 nitrogen and oxygen atoms in total. The van der Waals surface area contributed by atoms with Gasteiger partial charge < -0.3 is 15.3 Å². The van der Waals surface area contributed by atoms with Crippen LogP contribution in [0, 0.1) is 0 Å². The SMILES string of the molecule is O=C(N[C@@H](Cc1ccc(C2CCN(C(=O)c3cncs3)CC2)cc1)C(=O)O)c1c(Cl)cccc1Cl. The number of hydrogen-bond donors (Lipinski definition) is 2. The van der Waals surface area contributed by atoms with E-state index in [0.717, 1.165) is 24.0 Å². The highest BCUT2D eigenvalue weighted by molar-refractivity contribution is 7.11. The van der Waals surface area contributed by atoms with Crippen LogP contribution < -0.4 is 5.32 Å². The van der Waals surface area contributed by atoms with Crippen molar-refractivity contribution in [2.75, 3.05) is 13.1 Å². The summed E-state index contributed by atoms with van der Waals surface area (Å²) in [6, 6.07) is 11.3. The number of aliphatic carboxylic acids is 1. The average molecular weight is 532 g/mol. The first-order chi connectivity index (χ1) is 16.8. The fraction of sp³-hybridized carbons (Fsp3) is 0.280. The lowest BCUT2D eigenvalue weighted by molar-refractivity contribution is -0.139. The number of rotatable bonds is 7. The molecule has 2 heterocycles. The van der Waals surface area contributed by atoms with Crippen molar-refractivity contribution >= 4 is 52.3 Å². The van der Waals surface area contributed by atoms with E-state index in [0.29, 0.717) is 23.9 Å². The minimum absolute atomic E-state index is 0.0288. The van der Waals surface area contributed by atoms with Crippen LogP contribution in [0.2, 0.25) is 10.0 Å². The van der Waals surface area contributed by atoms with Gasteiger partial charge in [-0.3, -0.25) is 14.6 Å². The van der Waals surface area contributed by atoms with Crippen LogP contribution in [-0.2, 0) is 11.2 Å². The minimum Gasteiger partial charge on any atom is -0.480 e. The Morgan fingerprint density at radius 1 is 1.09 bits per heavy atom. The number of carboxylic acids is 1. The van der Waals surface area contributed by atoms with Crippen LogP contribution >= 0.6 is 34.5 Å². The number of piperidine rings is 1. The van der Waals surface area contributed by atoms with Crippen molar-refractivity contribution in [3.05, 3.63) is 85.8 Å². The number of hydrogen-bond acceptors (Lipinski definition) is 5. The van der Waals surface area contributed by atoms with E-state index >= 15 is 0 Å². The highest BCUT2D eigenvalue weighted by Crippen LogP contribution is 2.29. The quantitative estimate of drug-likeness (QED) is 0.451. The molecule has 1 aliphatic heterocycles. The molecule has 1 atom stereocenters. The fourth-order valence-electron chi connectivity index (χ4n) is 4.20. The number of halogens is 2. The number of benzene rings is 2. The normalized spacial score (nSPS) is 15.0. The summed E-state index contributed by atoms with van der Waals surface area (Å²) < 4.78 is 0. The molecule has 1 saturated heterocycles. The maximum atomic E-state index is 12.6. The van der Waals surface area contributed by atoms with Crippen molar-refractivity contribution in [2.45, 2.75) is 31.2 Å². The van der Waals surface area contributed by atoms with Crippen molar-refractivity contribution in [2.24, 2.45) is 0 Å². The highest BCUT2D eigenvalue weighted by atomic mass is 35.5. The second-order valence-electron chi connectivity index (χ2n) is 8.34. The number of carbonyl (C=O) groups is 3. The van der Waals surface area contributed by atoms with Gasteiger partial charge >= 0.3 is 5.97 Å². The lowest BCUT2D eigenvalue weighted by Gasteiger charge is -2.32. The van der Waals surface area contributed by atoms with Gasteiger partial charge in [-0.15, -0.1) is 11.3 Å². The Morgan fingerprint density at radius 2 is 1.74 bits per heavy atom. The van der Waals surface area contributed by atoms with Crippen LogP contribution in [0.25, 0.3) is 0 Å². The zero-order valence-electron chi connectivity index (χ0n) is 18.6. The van der Waals surface area contributed by atoms with Crippen LogP contribution in [0.5, 0.6) is 0 Å². The van der Waals surface area contributed by atoms with Crippen molar-refractivity contribution in [1.82, 2.24) is 15.2 Å². The lowest BCUT2D eigenvalue weighted by Crippen LogP contribution is -2.42. The van der Waals surface area contributed by atoms with Crippen LogP contribution in [-0.4, -0.2) is 51.9 Å². The first kappa shape index (κ1) is 25.2. The van der Waals surface area contributed by atoms with Gasteiger partial charge in [-0.05, 0) is 42.0 Å². The molecule has 2 N–H and O–H groups in total. The summed E-state index contributed by atoms with van der Waals surface area (Å²) in [6.45, 7) is 1.36. The Balaban J connectivity index is 1.36. The number of nitrogens with zero attached hydrogens (tertiary/aromatic N) is 2. The summed E-state index contributed by atoms with van der Waals surface area (Å²) in [6.07, 6.45) is 3.44. The molecule has 4 rings (SSSR count). The molecule has 0 unspecified atom stereocenters. The van der Waals surface area contributed by atoms with Gasteiger partial charge in [0.05, 0.1) is 27.3 Å². The largest absolute Gasteiger partial charge is 0.480 e. The van der Waals surface area contributed by atoms with E-state index in [1.54, 1.807) is 17.8 Å². The van der Waals surface area contributed by atoms with E-state index in [4.69, 9.17) is 23.2 Å². The molecular formula is C25H23Cl2N3O4S. The molecule has 182 valence electrons. The van der Waals surface area contributed by atoms with Gasteiger partial charge in [-0.2, -0.15) is 0 Å². The standard InChI is InChI=1S/C25H23Cl2N3O4S/c26-18-2-1-3-19(27)22(18)23(31)29-20(25(33)34)12-15-4-6-16(7-5-15)17-8-10-30(11-9-17)24(32)21-13-28-14-35-21/h1-7,13-14,17,20H,8-12H2,(H,29,31)(H,33,34)/t20-/m0/s1. The molecule has 0 radical (unpaired) electrons. The molecule has 2 aromatic carbocycles. The Labute approximate surface area is 216 Å². The Hall–Kier alpha value is -2.94. The number of aromatic nitrogens is 1. The average Bonchev–Trinajstić information content (AvgIpc) is 3.39. The third-order valence-corrected chi connectivity index (χ3v) is 7.50. The van der Waals surface area contributed by atoms with Gasteiger partial charge in [0.1, 0.15) is 10.9 Å². The smallest absolute Gasteiger partial charge is 0.326 e. The molecular weight excluding hydrogens is 509 g/mol. The highest BCUT2D eigenvalue weighted by Gasteiger charge is 2.26. The summed E-state index contributed by atoms with van der Waals surface area (Å²) >= 11 is 13.5. The van der Waals surface area contributed by atoms with Gasteiger partial charge in [0.15, 0.2) is 0 Å². The van der Waals surface area contributed by atoms with Crippen LogP contribution in [0.4, 0.5) is 0 Å². The first-order valence-electron chi connectivity index (χ1n) is 11.1. The molecule has 3 aromatic rings. The van der Waals surface area contributed by atoms with E-state index in [2.05, 4.69) is 10.3 Å². The van der Waals surface area contributed by atoms with Crippen molar-refractivity contribution in [3.8, 4) is 0 Å². The number of likely N-dealkylation sites (tertiary alicyclic amines) is 1. The summed E-state index contributed by atoms with van der Waals surface area (Å²) in [7, 11) is 0. The predicted molar refractivity (Wildman–Crippen MR) is 135 cm³/mol. The summed E-state index contributed by atoms with van der Waals surface area (Å²) in [5.41, 5.74) is 3.65. The molecule has 0 spiro atoms. The van der Waals surface area contributed by atoms with E-state index in [-0.39, 0.29) is 27.9 Å². The molecule has 1 aliphatic rings. The molecule has 0 saturated carbocycles. The van der Waals surface area contributed by atoms with E-state index < -0.39 is 17.9 Å². The van der Waals surface area contributed by atoms with E-state index in [1.165, 1.54) is 23.5 Å². The monoisotopic (exact) mass is 531 g/mol. The van der Waals surface area contributed by atoms with Crippen LogP contribution in [0.1, 0.15) is 49.9 Å². The van der Waals surface area contributed by atoms with Gasteiger partial charge in [-0.25, -0.2) is 4.79 Å². The zero-order chi connectivity index (χ0) is 24.9. The molecule has 0 aliphatic carbocycles. The van der Waals surface area contributed by atoms with E-state index in [1.807, 2.05) is 29.2 Å². The van der Waals surface area contributed by atoms with E-state index in [9.17, 15) is 19.5 Å². The maximum absolute atomic E-state index is 12.6. The molecule has 1 fully saturated rings. The van der Waals surface area contributed by atoms with Crippen molar-refractivity contribution in [1.29, 1.82) is 0 Å². The second kappa shape index (κ2) is 11.2. The fourth-order valence-corrected chi connectivity index (χ4v) is 5.36. The number of amides is 2. The third kappa shape index (κ3) is 6.01. The van der Waals surface area contributed by atoms with Crippen molar-refractivity contribution in [3.63, 3.8) is 0 Å². The minimum atomic E-state index is -1.15. The van der Waals surface area contributed by atoms with Crippen LogP contribution in [0.3, 0.4) is 0 Å². The summed E-state index contributed by atoms with van der Waals surface area (Å²) in [5, 5.41) is 12.5. The Morgan fingerprint density at radius 3 is 2.31 bits per heavy atom. The van der Waals surface area contributed by atoms with Gasteiger partial charge in [0, 0.05) is 19.5 Å². The van der Waals surface area contributed by atoms with Crippen LogP contribution in [0.15, 0.2) is 54.2 Å². The Kier molecular flexibility index (Phi) is 8.05. The third-order valence-electron chi connectivity index (χ3n) is 6.11. The number of nitrogens with one attached hydrogen (secondary N) is 1. The topological polar surface area (TPSA) is 99.6 Å².